The van der Waals surface area contributed by atoms with E-state index in [0.717, 1.165) is 17.0 Å². The van der Waals surface area contributed by atoms with Crippen molar-refractivity contribution >= 4 is 0 Å². The van der Waals surface area contributed by atoms with Gasteiger partial charge >= 0.3 is 0 Å². The van der Waals surface area contributed by atoms with Gasteiger partial charge in [-0.1, -0.05) is 45.0 Å². The molecule has 2 heteroatoms. The van der Waals surface area contributed by atoms with E-state index in [9.17, 15) is 4.79 Å². The molecule has 2 aromatic rings. The number of nitrogens with one attached hydrogen (secondary N) is 1. The van der Waals surface area contributed by atoms with Crippen LogP contribution < -0.4 is 5.43 Å². The van der Waals surface area contributed by atoms with Crippen LogP contribution in [0.2, 0.25) is 0 Å². The van der Waals surface area contributed by atoms with Gasteiger partial charge < -0.3 is 4.98 Å². The average molecular weight is 241 g/mol. The Labute approximate surface area is 108 Å². The van der Waals surface area contributed by atoms with Gasteiger partial charge in [0.1, 0.15) is 0 Å². The molecule has 0 amide bonds. The summed E-state index contributed by atoms with van der Waals surface area (Å²) in [6.45, 7) is 8.45. The third-order valence-corrected chi connectivity index (χ3v) is 3.00. The lowest BCUT2D eigenvalue weighted by atomic mass is 9.83. The molecule has 1 N–H and O–H groups in total. The number of hydrogen-bond donors (Lipinski definition) is 1. The van der Waals surface area contributed by atoms with Gasteiger partial charge in [-0.3, -0.25) is 4.79 Å². The van der Waals surface area contributed by atoms with E-state index in [2.05, 4.69) is 37.9 Å². The maximum Gasteiger partial charge on any atom is 0.182 e. The monoisotopic (exact) mass is 241 g/mol. The summed E-state index contributed by atoms with van der Waals surface area (Å²) in [5.74, 6) is 0. The first kappa shape index (κ1) is 12.6. The molecule has 0 saturated carbocycles. The Kier molecular flexibility index (Phi) is 3.12. The van der Waals surface area contributed by atoms with E-state index in [4.69, 9.17) is 0 Å². The Balaban J connectivity index is 2.68. The highest BCUT2D eigenvalue weighted by Crippen LogP contribution is 2.31. The first-order valence-electron chi connectivity index (χ1n) is 6.19. The van der Waals surface area contributed by atoms with Crippen LogP contribution >= 0.6 is 0 Å². The summed E-state index contributed by atoms with van der Waals surface area (Å²) in [7, 11) is 0. The Bertz CT molecular complexity index is 617. The molecule has 0 aliphatic heterocycles. The summed E-state index contributed by atoms with van der Waals surface area (Å²) < 4.78 is 0. The molecule has 0 bridgehead atoms. The van der Waals surface area contributed by atoms with Gasteiger partial charge in [0.05, 0.1) is 0 Å². The van der Waals surface area contributed by atoms with Gasteiger partial charge in [0, 0.05) is 29.1 Å². The molecule has 0 atom stereocenters. The Hall–Kier alpha value is -1.83. The van der Waals surface area contributed by atoms with Crippen molar-refractivity contribution in [2.24, 2.45) is 0 Å². The number of hydrogen-bond acceptors (Lipinski definition) is 1. The second-order valence-electron chi connectivity index (χ2n) is 5.71. The molecule has 0 spiro atoms. The van der Waals surface area contributed by atoms with Crippen LogP contribution in [0.15, 0.2) is 41.2 Å². The summed E-state index contributed by atoms with van der Waals surface area (Å²) in [5.41, 5.74) is 4.23. The fourth-order valence-electron chi connectivity index (χ4n) is 2.20. The molecule has 1 aromatic heterocycles. The number of benzene rings is 1. The largest absolute Gasteiger partial charge is 0.358 e. The number of aromatic nitrogens is 1. The first-order chi connectivity index (χ1) is 8.38. The molecule has 18 heavy (non-hydrogen) atoms. The summed E-state index contributed by atoms with van der Waals surface area (Å²) in [6, 6.07) is 11.5. The van der Waals surface area contributed by atoms with E-state index < -0.39 is 0 Å². The van der Waals surface area contributed by atoms with Gasteiger partial charge in [0.2, 0.25) is 0 Å². The van der Waals surface area contributed by atoms with Crippen molar-refractivity contribution in [3.8, 4) is 11.3 Å². The highest BCUT2D eigenvalue weighted by atomic mass is 16.1. The lowest BCUT2D eigenvalue weighted by molar-refractivity contribution is 0.591. The van der Waals surface area contributed by atoms with Crippen molar-refractivity contribution in [3.05, 3.63) is 57.9 Å². The van der Waals surface area contributed by atoms with Crippen LogP contribution in [-0.2, 0) is 5.41 Å². The van der Waals surface area contributed by atoms with Crippen molar-refractivity contribution in [2.75, 3.05) is 0 Å². The molecule has 0 unspecified atom stereocenters. The van der Waals surface area contributed by atoms with E-state index in [1.165, 1.54) is 5.56 Å². The minimum Gasteiger partial charge on any atom is -0.358 e. The fourth-order valence-corrected chi connectivity index (χ4v) is 2.20. The van der Waals surface area contributed by atoms with Crippen LogP contribution in [0.1, 0.15) is 32.0 Å². The van der Waals surface area contributed by atoms with Crippen LogP contribution in [0.4, 0.5) is 0 Å². The van der Waals surface area contributed by atoms with E-state index in [-0.39, 0.29) is 10.8 Å². The minimum atomic E-state index is 0.0463. The van der Waals surface area contributed by atoms with Crippen LogP contribution in [0.3, 0.4) is 0 Å². The predicted molar refractivity (Wildman–Crippen MR) is 75.9 cm³/mol. The Morgan fingerprint density at radius 1 is 1.06 bits per heavy atom. The standard InChI is InChI=1S/C16H19NO/c1-11-9-12(18)10-15(17-11)13-7-5-6-8-14(13)16(2,3)4/h5-10H,1-4H3,(H,17,18). The van der Waals surface area contributed by atoms with Crippen molar-refractivity contribution in [1.29, 1.82) is 0 Å². The van der Waals surface area contributed by atoms with Crippen LogP contribution in [0, 0.1) is 6.92 Å². The molecule has 94 valence electrons. The van der Waals surface area contributed by atoms with Crippen molar-refractivity contribution in [2.45, 2.75) is 33.1 Å². The second-order valence-corrected chi connectivity index (χ2v) is 5.71. The number of H-pyrrole nitrogens is 1. The van der Waals surface area contributed by atoms with Crippen LogP contribution in [-0.4, -0.2) is 4.98 Å². The quantitative estimate of drug-likeness (QED) is 0.812. The fraction of sp³-hybridized carbons (Fsp3) is 0.312. The third kappa shape index (κ3) is 2.53. The highest BCUT2D eigenvalue weighted by Gasteiger charge is 2.18. The maximum atomic E-state index is 11.6. The molecule has 1 aromatic carbocycles. The van der Waals surface area contributed by atoms with Crippen molar-refractivity contribution in [1.82, 2.24) is 4.98 Å². The molecule has 0 aliphatic rings. The Morgan fingerprint density at radius 2 is 1.72 bits per heavy atom. The maximum absolute atomic E-state index is 11.6. The van der Waals surface area contributed by atoms with Gasteiger partial charge in [-0.15, -0.1) is 0 Å². The number of pyridine rings is 1. The summed E-state index contributed by atoms with van der Waals surface area (Å²) in [4.78, 5) is 14.9. The molecule has 0 saturated heterocycles. The van der Waals surface area contributed by atoms with Crippen molar-refractivity contribution < 1.29 is 0 Å². The van der Waals surface area contributed by atoms with Gasteiger partial charge in [-0.25, -0.2) is 0 Å². The van der Waals surface area contributed by atoms with Gasteiger partial charge in [-0.2, -0.15) is 0 Å². The average Bonchev–Trinajstić information content (AvgIpc) is 2.26. The number of aryl methyl sites for hydroxylation is 1. The number of rotatable bonds is 1. The predicted octanol–water partition coefficient (Wildman–Crippen LogP) is 3.65. The third-order valence-electron chi connectivity index (χ3n) is 3.00. The van der Waals surface area contributed by atoms with E-state index in [0.29, 0.717) is 0 Å². The Morgan fingerprint density at radius 3 is 2.33 bits per heavy atom. The van der Waals surface area contributed by atoms with Crippen molar-refractivity contribution in [3.63, 3.8) is 0 Å². The van der Waals surface area contributed by atoms with Gasteiger partial charge in [0.15, 0.2) is 5.43 Å². The zero-order valence-corrected chi connectivity index (χ0v) is 11.4. The lowest BCUT2D eigenvalue weighted by Gasteiger charge is -2.23. The smallest absolute Gasteiger partial charge is 0.182 e. The molecular formula is C16H19NO. The lowest BCUT2D eigenvalue weighted by Crippen LogP contribution is -2.13. The van der Waals surface area contributed by atoms with Gasteiger partial charge in [0.25, 0.3) is 0 Å². The minimum absolute atomic E-state index is 0.0463. The molecule has 2 rings (SSSR count). The summed E-state index contributed by atoms with van der Waals surface area (Å²) in [6.07, 6.45) is 0. The normalized spacial score (nSPS) is 11.6. The second kappa shape index (κ2) is 4.45. The van der Waals surface area contributed by atoms with E-state index in [1.807, 2.05) is 19.1 Å². The zero-order chi connectivity index (χ0) is 13.3. The summed E-state index contributed by atoms with van der Waals surface area (Å²) >= 11 is 0. The SMILES string of the molecule is Cc1cc(=O)cc(-c2ccccc2C(C)(C)C)[nH]1. The molecule has 2 nitrogen and oxygen atoms in total. The zero-order valence-electron chi connectivity index (χ0n) is 11.4. The summed E-state index contributed by atoms with van der Waals surface area (Å²) in [5, 5.41) is 0. The molecule has 1 heterocycles. The highest BCUT2D eigenvalue weighted by molar-refractivity contribution is 5.65. The van der Waals surface area contributed by atoms with Crippen LogP contribution in [0.25, 0.3) is 11.3 Å². The number of aromatic amines is 1. The van der Waals surface area contributed by atoms with E-state index >= 15 is 0 Å². The molecule has 0 aliphatic carbocycles. The first-order valence-corrected chi connectivity index (χ1v) is 6.19. The topological polar surface area (TPSA) is 32.9 Å². The molecular weight excluding hydrogens is 222 g/mol. The van der Waals surface area contributed by atoms with Crippen LogP contribution in [0.5, 0.6) is 0 Å². The van der Waals surface area contributed by atoms with E-state index in [1.54, 1.807) is 12.1 Å². The van der Waals surface area contributed by atoms with Gasteiger partial charge in [-0.05, 0) is 17.9 Å². The molecule has 0 radical (unpaired) electrons. The molecule has 0 fully saturated rings.